The van der Waals surface area contributed by atoms with Gasteiger partial charge in [0.2, 0.25) is 0 Å². The zero-order valence-electron chi connectivity index (χ0n) is 11.6. The Hall–Kier alpha value is -2.15. The van der Waals surface area contributed by atoms with Crippen molar-refractivity contribution in [2.24, 2.45) is 4.99 Å². The summed E-state index contributed by atoms with van der Waals surface area (Å²) < 4.78 is 0. The summed E-state index contributed by atoms with van der Waals surface area (Å²) in [6.07, 6.45) is 6.96. The van der Waals surface area contributed by atoms with Crippen molar-refractivity contribution >= 4 is 11.9 Å². The van der Waals surface area contributed by atoms with E-state index in [4.69, 9.17) is 4.99 Å². The van der Waals surface area contributed by atoms with Crippen LogP contribution in [0, 0.1) is 0 Å². The fourth-order valence-corrected chi connectivity index (χ4v) is 2.68. The van der Waals surface area contributed by atoms with E-state index in [2.05, 4.69) is 42.5 Å². The number of nitrogens with zero attached hydrogens (tertiary/aromatic N) is 1. The van der Waals surface area contributed by atoms with Gasteiger partial charge in [-0.1, -0.05) is 60.7 Å². The molecule has 20 heavy (non-hydrogen) atoms. The largest absolute Gasteiger partial charge is 0.256 e. The van der Waals surface area contributed by atoms with Gasteiger partial charge in [-0.2, -0.15) is 0 Å². The number of aliphatic imine (C=N–C) groups is 1. The van der Waals surface area contributed by atoms with E-state index >= 15 is 0 Å². The van der Waals surface area contributed by atoms with Crippen molar-refractivity contribution in [3.8, 4) is 0 Å². The van der Waals surface area contributed by atoms with Crippen LogP contribution in [0.5, 0.6) is 0 Å². The zero-order chi connectivity index (χ0) is 13.6. The van der Waals surface area contributed by atoms with E-state index in [0.717, 1.165) is 5.56 Å². The molecule has 100 valence electrons. The van der Waals surface area contributed by atoms with Gasteiger partial charge in [-0.25, -0.2) is 0 Å². The Balaban J connectivity index is 1.95. The summed E-state index contributed by atoms with van der Waals surface area (Å²) in [5.74, 6) is 0. The highest BCUT2D eigenvalue weighted by atomic mass is 14.7. The quantitative estimate of drug-likeness (QED) is 0.682. The second kappa shape index (κ2) is 6.33. The van der Waals surface area contributed by atoms with Crippen LogP contribution < -0.4 is 0 Å². The van der Waals surface area contributed by atoms with Crippen LogP contribution in [0.4, 0.5) is 0 Å². The molecule has 1 nitrogen and oxygen atoms in total. The molecule has 1 saturated carbocycles. The third-order valence-electron chi connectivity index (χ3n) is 3.73. The van der Waals surface area contributed by atoms with Gasteiger partial charge in [-0.05, 0) is 36.8 Å². The summed E-state index contributed by atoms with van der Waals surface area (Å²) in [5.41, 5.74) is 5.06. The van der Waals surface area contributed by atoms with Crippen molar-refractivity contribution in [1.82, 2.24) is 0 Å². The van der Waals surface area contributed by atoms with E-state index in [1.165, 1.54) is 42.5 Å². The minimum absolute atomic E-state index is 1.15. The Morgan fingerprint density at radius 3 is 2.05 bits per heavy atom. The van der Waals surface area contributed by atoms with Gasteiger partial charge in [0.1, 0.15) is 0 Å². The fraction of sp³-hybridized carbons (Fsp3) is 0.211. The highest BCUT2D eigenvalue weighted by Gasteiger charge is 2.13. The molecular formula is C19H19N. The van der Waals surface area contributed by atoms with Crippen molar-refractivity contribution in [2.45, 2.75) is 25.7 Å². The summed E-state index contributed by atoms with van der Waals surface area (Å²) >= 11 is 0. The number of benzene rings is 2. The summed E-state index contributed by atoms with van der Waals surface area (Å²) in [4.78, 5) is 4.80. The molecule has 0 radical (unpaired) electrons. The van der Waals surface area contributed by atoms with Gasteiger partial charge in [0.25, 0.3) is 0 Å². The first-order chi connectivity index (χ1) is 9.93. The molecule has 2 aromatic carbocycles. The lowest BCUT2D eigenvalue weighted by Crippen LogP contribution is -1.88. The van der Waals surface area contributed by atoms with E-state index < -0.39 is 0 Å². The minimum Gasteiger partial charge on any atom is -0.256 e. The van der Waals surface area contributed by atoms with Gasteiger partial charge in [0.05, 0.1) is 5.70 Å². The lowest BCUT2D eigenvalue weighted by Gasteiger charge is -2.07. The predicted molar refractivity (Wildman–Crippen MR) is 85.9 cm³/mol. The third-order valence-corrected chi connectivity index (χ3v) is 3.73. The number of allylic oxidation sites excluding steroid dienone is 1. The number of hydrogen-bond acceptors (Lipinski definition) is 1. The first kappa shape index (κ1) is 12.9. The van der Waals surface area contributed by atoms with Crippen LogP contribution in [0.15, 0.2) is 71.2 Å². The van der Waals surface area contributed by atoms with E-state index in [-0.39, 0.29) is 0 Å². The minimum atomic E-state index is 1.15. The Kier molecular flexibility index (Phi) is 4.07. The molecule has 0 aliphatic heterocycles. The molecule has 2 aromatic rings. The Morgan fingerprint density at radius 1 is 0.800 bits per heavy atom. The Labute approximate surface area is 120 Å². The van der Waals surface area contributed by atoms with E-state index in [1.54, 1.807) is 0 Å². The van der Waals surface area contributed by atoms with Gasteiger partial charge in [0, 0.05) is 11.8 Å². The van der Waals surface area contributed by atoms with Crippen LogP contribution in [-0.4, -0.2) is 6.21 Å². The SMILES string of the molecule is C(=NC(=C1CCCC1)c1ccccc1)c1ccccc1. The molecule has 3 rings (SSSR count). The second-order valence-electron chi connectivity index (χ2n) is 5.19. The molecule has 0 bridgehead atoms. The fourth-order valence-electron chi connectivity index (χ4n) is 2.68. The van der Waals surface area contributed by atoms with Crippen molar-refractivity contribution in [2.75, 3.05) is 0 Å². The highest BCUT2D eigenvalue weighted by molar-refractivity contribution is 5.86. The summed E-state index contributed by atoms with van der Waals surface area (Å²) in [6.45, 7) is 0. The first-order valence-corrected chi connectivity index (χ1v) is 7.30. The maximum atomic E-state index is 4.80. The summed E-state index contributed by atoms with van der Waals surface area (Å²) in [5, 5.41) is 0. The summed E-state index contributed by atoms with van der Waals surface area (Å²) in [6, 6.07) is 20.8. The van der Waals surface area contributed by atoms with Crippen LogP contribution in [0.1, 0.15) is 36.8 Å². The molecule has 1 aliphatic rings. The average Bonchev–Trinajstić information content (AvgIpc) is 3.04. The molecule has 0 heterocycles. The smallest absolute Gasteiger partial charge is 0.0694 e. The maximum Gasteiger partial charge on any atom is 0.0694 e. The molecule has 0 aromatic heterocycles. The molecule has 0 atom stereocenters. The standard InChI is InChI=1S/C19H19N/c1-3-9-16(10-4-1)15-20-19(18-13-7-8-14-18)17-11-5-2-6-12-17/h1-6,9-12,15H,7-8,13-14H2. The van der Waals surface area contributed by atoms with Gasteiger partial charge < -0.3 is 0 Å². The molecular weight excluding hydrogens is 242 g/mol. The summed E-state index contributed by atoms with van der Waals surface area (Å²) in [7, 11) is 0. The average molecular weight is 261 g/mol. The molecule has 0 spiro atoms. The third kappa shape index (κ3) is 3.05. The lowest BCUT2D eigenvalue weighted by atomic mass is 10.1. The van der Waals surface area contributed by atoms with Gasteiger partial charge in [-0.15, -0.1) is 0 Å². The van der Waals surface area contributed by atoms with E-state index in [1.807, 2.05) is 24.4 Å². The van der Waals surface area contributed by atoms with E-state index in [9.17, 15) is 0 Å². The van der Waals surface area contributed by atoms with Crippen LogP contribution in [-0.2, 0) is 0 Å². The Morgan fingerprint density at radius 2 is 1.40 bits per heavy atom. The predicted octanol–water partition coefficient (Wildman–Crippen LogP) is 5.09. The molecule has 1 aliphatic carbocycles. The topological polar surface area (TPSA) is 12.4 Å². The van der Waals surface area contributed by atoms with Crippen molar-refractivity contribution in [1.29, 1.82) is 0 Å². The first-order valence-electron chi connectivity index (χ1n) is 7.30. The monoisotopic (exact) mass is 261 g/mol. The maximum absolute atomic E-state index is 4.80. The molecule has 0 amide bonds. The zero-order valence-corrected chi connectivity index (χ0v) is 11.6. The second-order valence-corrected chi connectivity index (χ2v) is 5.19. The molecule has 0 N–H and O–H groups in total. The highest BCUT2D eigenvalue weighted by Crippen LogP contribution is 2.32. The molecule has 1 fully saturated rings. The van der Waals surface area contributed by atoms with Crippen molar-refractivity contribution in [3.63, 3.8) is 0 Å². The molecule has 0 unspecified atom stereocenters. The van der Waals surface area contributed by atoms with Crippen LogP contribution in [0.3, 0.4) is 0 Å². The number of rotatable bonds is 3. The molecule has 0 saturated heterocycles. The van der Waals surface area contributed by atoms with Gasteiger partial charge in [0.15, 0.2) is 0 Å². The Bertz CT molecular complexity index is 601. The lowest BCUT2D eigenvalue weighted by molar-refractivity contribution is 0.886. The normalized spacial score (nSPS) is 14.9. The van der Waals surface area contributed by atoms with Crippen molar-refractivity contribution in [3.05, 3.63) is 77.4 Å². The molecule has 1 heteroatoms. The van der Waals surface area contributed by atoms with Crippen LogP contribution in [0.25, 0.3) is 5.70 Å². The van der Waals surface area contributed by atoms with Crippen molar-refractivity contribution < 1.29 is 0 Å². The number of hydrogen-bond donors (Lipinski definition) is 0. The van der Waals surface area contributed by atoms with Crippen LogP contribution >= 0.6 is 0 Å². The van der Waals surface area contributed by atoms with Crippen LogP contribution in [0.2, 0.25) is 0 Å². The van der Waals surface area contributed by atoms with Gasteiger partial charge in [-0.3, -0.25) is 4.99 Å². The van der Waals surface area contributed by atoms with E-state index in [0.29, 0.717) is 0 Å². The van der Waals surface area contributed by atoms with Gasteiger partial charge >= 0.3 is 0 Å².